The number of rotatable bonds is 4. The fraction of sp³-hybridized carbons (Fsp3) is 0.333. The lowest BCUT2D eigenvalue weighted by Crippen LogP contribution is -2.34. The van der Waals surface area contributed by atoms with Gasteiger partial charge in [0.25, 0.3) is 0 Å². The fourth-order valence-electron chi connectivity index (χ4n) is 1.44. The first kappa shape index (κ1) is 16.4. The van der Waals surface area contributed by atoms with E-state index in [9.17, 15) is 9.59 Å². The van der Waals surface area contributed by atoms with Gasteiger partial charge < -0.3 is 16.8 Å². The van der Waals surface area contributed by atoms with Gasteiger partial charge in [0.1, 0.15) is 0 Å². The Morgan fingerprint density at radius 1 is 1.39 bits per heavy atom. The molecule has 1 aromatic rings. The molecule has 0 saturated heterocycles. The molecule has 0 spiro atoms. The number of benzene rings is 1. The first-order chi connectivity index (χ1) is 7.95. The first-order valence-electron chi connectivity index (χ1n) is 5.42. The van der Waals surface area contributed by atoms with E-state index in [2.05, 4.69) is 5.32 Å². The van der Waals surface area contributed by atoms with Gasteiger partial charge in [-0.25, -0.2) is 0 Å². The zero-order chi connectivity index (χ0) is 13.0. The van der Waals surface area contributed by atoms with Crippen LogP contribution >= 0.6 is 12.4 Å². The number of carbonyl (C=O) groups excluding carboxylic acids is 2. The van der Waals surface area contributed by atoms with Gasteiger partial charge in [-0.3, -0.25) is 9.59 Å². The summed E-state index contributed by atoms with van der Waals surface area (Å²) < 4.78 is 0. The van der Waals surface area contributed by atoms with E-state index >= 15 is 0 Å². The predicted octanol–water partition coefficient (Wildman–Crippen LogP) is 1.19. The van der Waals surface area contributed by atoms with Gasteiger partial charge in [-0.05, 0) is 37.1 Å². The van der Waals surface area contributed by atoms with Crippen LogP contribution in [-0.2, 0) is 4.79 Å². The zero-order valence-corrected chi connectivity index (χ0v) is 11.2. The monoisotopic (exact) mass is 271 g/mol. The second-order valence-electron chi connectivity index (χ2n) is 3.90. The van der Waals surface area contributed by atoms with Crippen LogP contribution in [0.15, 0.2) is 18.2 Å². The largest absolute Gasteiger partial charge is 0.366 e. The van der Waals surface area contributed by atoms with E-state index in [1.54, 1.807) is 25.1 Å². The smallest absolute Gasteiger partial charge is 0.248 e. The lowest BCUT2D eigenvalue weighted by molar-refractivity contribution is -0.117. The Morgan fingerprint density at radius 2 is 2.00 bits per heavy atom. The van der Waals surface area contributed by atoms with Crippen molar-refractivity contribution in [2.75, 3.05) is 5.32 Å². The fourth-order valence-corrected chi connectivity index (χ4v) is 1.44. The molecule has 1 rings (SSSR count). The minimum absolute atomic E-state index is 0. The zero-order valence-electron chi connectivity index (χ0n) is 10.4. The van der Waals surface area contributed by atoms with Crippen LogP contribution in [0.5, 0.6) is 0 Å². The lowest BCUT2D eigenvalue weighted by atomic mass is 10.1. The molecule has 5 nitrogen and oxygen atoms in total. The molecule has 5 N–H and O–H groups in total. The highest BCUT2D eigenvalue weighted by molar-refractivity contribution is 5.97. The predicted molar refractivity (Wildman–Crippen MR) is 73.8 cm³/mol. The number of halogens is 1. The van der Waals surface area contributed by atoms with Crippen molar-refractivity contribution in [1.82, 2.24) is 0 Å². The second-order valence-corrected chi connectivity index (χ2v) is 3.90. The van der Waals surface area contributed by atoms with Crippen molar-refractivity contribution >= 4 is 29.9 Å². The minimum Gasteiger partial charge on any atom is -0.366 e. The third kappa shape index (κ3) is 4.01. The molecule has 0 aliphatic carbocycles. The van der Waals surface area contributed by atoms with Gasteiger partial charge in [0.15, 0.2) is 0 Å². The minimum atomic E-state index is -0.522. The number of amides is 2. The van der Waals surface area contributed by atoms with Crippen molar-refractivity contribution in [3.63, 3.8) is 0 Å². The van der Waals surface area contributed by atoms with Gasteiger partial charge in [0.05, 0.1) is 6.04 Å². The summed E-state index contributed by atoms with van der Waals surface area (Å²) >= 11 is 0. The van der Waals surface area contributed by atoms with E-state index in [0.717, 1.165) is 5.56 Å². The van der Waals surface area contributed by atoms with Crippen LogP contribution in [0.2, 0.25) is 0 Å². The summed E-state index contributed by atoms with van der Waals surface area (Å²) in [6, 6.07) is 4.39. The highest BCUT2D eigenvalue weighted by Gasteiger charge is 2.12. The van der Waals surface area contributed by atoms with Gasteiger partial charge in [0.2, 0.25) is 11.8 Å². The van der Waals surface area contributed by atoms with E-state index in [4.69, 9.17) is 11.5 Å². The number of aryl methyl sites for hydroxylation is 1. The molecule has 0 bridgehead atoms. The van der Waals surface area contributed by atoms with Crippen molar-refractivity contribution in [3.05, 3.63) is 29.3 Å². The topological polar surface area (TPSA) is 98.2 Å². The molecule has 1 aromatic carbocycles. The summed E-state index contributed by atoms with van der Waals surface area (Å²) in [6.45, 7) is 3.60. The summed E-state index contributed by atoms with van der Waals surface area (Å²) in [5.74, 6) is -0.718. The van der Waals surface area contributed by atoms with Crippen LogP contribution < -0.4 is 16.8 Å². The molecule has 0 aliphatic heterocycles. The van der Waals surface area contributed by atoms with Gasteiger partial charge >= 0.3 is 0 Å². The average molecular weight is 272 g/mol. The molecule has 0 aromatic heterocycles. The number of anilines is 1. The van der Waals surface area contributed by atoms with E-state index < -0.39 is 11.9 Å². The van der Waals surface area contributed by atoms with Crippen molar-refractivity contribution in [3.8, 4) is 0 Å². The Morgan fingerprint density at radius 3 is 2.44 bits per heavy atom. The molecule has 1 atom stereocenters. The molecule has 0 saturated carbocycles. The molecular formula is C12H18ClN3O2. The Kier molecular flexibility index (Phi) is 6.36. The van der Waals surface area contributed by atoms with E-state index in [0.29, 0.717) is 17.7 Å². The van der Waals surface area contributed by atoms with E-state index in [1.807, 2.05) is 6.92 Å². The molecule has 0 heterocycles. The Bertz CT molecular complexity index is 449. The molecule has 0 fully saturated rings. The summed E-state index contributed by atoms with van der Waals surface area (Å²) in [7, 11) is 0. The standard InChI is InChI=1S/C12H17N3O2.ClH/c1-3-10(13)12(17)15-8-4-5-9(11(14)16)7(2)6-8;/h4-6,10H,3,13H2,1-2H3,(H2,14,16)(H,15,17);1H/t10-;/m0./s1. The molecule has 2 amide bonds. The summed E-state index contributed by atoms with van der Waals surface area (Å²) in [5, 5.41) is 2.68. The maximum atomic E-state index is 11.5. The van der Waals surface area contributed by atoms with Gasteiger partial charge in [0, 0.05) is 11.3 Å². The molecule has 100 valence electrons. The van der Waals surface area contributed by atoms with Gasteiger partial charge in [-0.15, -0.1) is 12.4 Å². The number of nitrogens with two attached hydrogens (primary N) is 2. The van der Waals surface area contributed by atoms with Gasteiger partial charge in [-0.2, -0.15) is 0 Å². The molecular weight excluding hydrogens is 254 g/mol. The van der Waals surface area contributed by atoms with Crippen LogP contribution in [0.25, 0.3) is 0 Å². The number of carbonyl (C=O) groups is 2. The summed E-state index contributed by atoms with van der Waals surface area (Å²) in [6.07, 6.45) is 0.574. The van der Waals surface area contributed by atoms with Crippen LogP contribution in [0.1, 0.15) is 29.3 Å². The van der Waals surface area contributed by atoms with Crippen molar-refractivity contribution in [2.24, 2.45) is 11.5 Å². The molecule has 6 heteroatoms. The van der Waals surface area contributed by atoms with Crippen LogP contribution in [0, 0.1) is 6.92 Å². The SMILES string of the molecule is CC[C@H](N)C(=O)Nc1ccc(C(N)=O)c(C)c1.Cl. The number of hydrogen-bond donors (Lipinski definition) is 3. The van der Waals surface area contributed by atoms with Gasteiger partial charge in [-0.1, -0.05) is 6.92 Å². The summed E-state index contributed by atoms with van der Waals surface area (Å²) in [4.78, 5) is 22.6. The van der Waals surface area contributed by atoms with E-state index in [1.165, 1.54) is 0 Å². The maximum absolute atomic E-state index is 11.5. The second kappa shape index (κ2) is 6.98. The van der Waals surface area contributed by atoms with Crippen molar-refractivity contribution in [2.45, 2.75) is 26.3 Å². The first-order valence-corrected chi connectivity index (χ1v) is 5.42. The van der Waals surface area contributed by atoms with Crippen molar-refractivity contribution < 1.29 is 9.59 Å². The number of hydrogen-bond acceptors (Lipinski definition) is 3. The molecule has 0 radical (unpaired) electrons. The Balaban J connectivity index is 0.00000289. The lowest BCUT2D eigenvalue weighted by Gasteiger charge is -2.11. The summed E-state index contributed by atoms with van der Waals surface area (Å²) in [5.41, 5.74) is 12.6. The van der Waals surface area contributed by atoms with Crippen LogP contribution in [0.3, 0.4) is 0 Å². The van der Waals surface area contributed by atoms with E-state index in [-0.39, 0.29) is 18.3 Å². The molecule has 0 unspecified atom stereocenters. The quantitative estimate of drug-likeness (QED) is 0.767. The van der Waals surface area contributed by atoms with Crippen LogP contribution in [0.4, 0.5) is 5.69 Å². The molecule has 18 heavy (non-hydrogen) atoms. The molecule has 0 aliphatic rings. The number of primary amides is 1. The normalized spacial score (nSPS) is 11.3. The maximum Gasteiger partial charge on any atom is 0.248 e. The number of nitrogens with one attached hydrogen (secondary N) is 1. The highest BCUT2D eigenvalue weighted by atomic mass is 35.5. The third-order valence-corrected chi connectivity index (χ3v) is 2.54. The highest BCUT2D eigenvalue weighted by Crippen LogP contribution is 2.15. The van der Waals surface area contributed by atoms with Crippen LogP contribution in [-0.4, -0.2) is 17.9 Å². The average Bonchev–Trinajstić information content (AvgIpc) is 2.27. The Hall–Kier alpha value is -1.59. The Labute approximate surface area is 112 Å². The third-order valence-electron chi connectivity index (χ3n) is 2.54. The van der Waals surface area contributed by atoms with Crippen molar-refractivity contribution in [1.29, 1.82) is 0 Å².